The number of Topliss-reactive ketones (excluding diaryl/α,β-unsaturated/α-hetero) is 1. The maximum Gasteiger partial charge on any atom is 0.234 e. The molecule has 38 heavy (non-hydrogen) atoms. The third-order valence-corrected chi connectivity index (χ3v) is 8.62. The van der Waals surface area contributed by atoms with E-state index in [4.69, 9.17) is 28.9 Å². The Labute approximate surface area is 236 Å². The molecule has 1 aliphatic heterocycles. The number of nitrogens with zero attached hydrogens (tertiary/aromatic N) is 5. The third-order valence-electron chi connectivity index (χ3n) is 6.04. The lowest BCUT2D eigenvalue weighted by atomic mass is 9.76. The number of halogens is 2. The molecule has 0 saturated heterocycles. The van der Waals surface area contributed by atoms with Crippen molar-refractivity contribution in [3.05, 3.63) is 81.0 Å². The fourth-order valence-corrected chi connectivity index (χ4v) is 6.51. The van der Waals surface area contributed by atoms with Gasteiger partial charge in [0, 0.05) is 28.9 Å². The van der Waals surface area contributed by atoms with Crippen molar-refractivity contribution in [1.29, 1.82) is 5.26 Å². The zero-order valence-corrected chi connectivity index (χ0v) is 22.8. The van der Waals surface area contributed by atoms with Gasteiger partial charge in [0.1, 0.15) is 5.82 Å². The maximum atomic E-state index is 13.2. The first-order chi connectivity index (χ1) is 18.4. The molecule has 3 aromatic rings. The fraction of sp³-hybridized carbons (Fsp3) is 0.200. The second-order valence-corrected chi connectivity index (χ2v) is 11.4. The lowest BCUT2D eigenvalue weighted by Crippen LogP contribution is -2.38. The fourth-order valence-electron chi connectivity index (χ4n) is 4.47. The molecule has 1 amide bonds. The van der Waals surface area contributed by atoms with Gasteiger partial charge >= 0.3 is 0 Å². The van der Waals surface area contributed by atoms with Crippen LogP contribution < -0.4 is 16.0 Å². The number of nitriles is 1. The van der Waals surface area contributed by atoms with Gasteiger partial charge in [-0.15, -0.1) is 10.2 Å². The topological polar surface area (TPSA) is 138 Å². The number of nitrogens with two attached hydrogens (primary N) is 1. The Morgan fingerprint density at radius 3 is 2.87 bits per heavy atom. The molecule has 0 fully saturated rings. The molecule has 3 heterocycles. The van der Waals surface area contributed by atoms with Gasteiger partial charge in [-0.2, -0.15) is 5.26 Å². The summed E-state index contributed by atoms with van der Waals surface area (Å²) in [4.78, 5) is 31.2. The van der Waals surface area contributed by atoms with Crippen molar-refractivity contribution in [2.45, 2.75) is 29.5 Å². The Hall–Kier alpha value is -3.43. The molecule has 0 radical (unpaired) electrons. The molecule has 0 saturated carbocycles. The number of anilines is 2. The number of amides is 1. The number of rotatable bonds is 6. The zero-order chi connectivity index (χ0) is 26.8. The number of carbonyl (C=O) groups excluding carboxylic acids is 2. The van der Waals surface area contributed by atoms with Crippen LogP contribution in [-0.2, 0) is 9.59 Å². The second kappa shape index (κ2) is 11.1. The lowest BCUT2D eigenvalue weighted by Gasteiger charge is -2.38. The van der Waals surface area contributed by atoms with Crippen LogP contribution in [0.3, 0.4) is 0 Å². The Balaban J connectivity index is 1.43. The minimum atomic E-state index is -0.609. The predicted octanol–water partition coefficient (Wildman–Crippen LogP) is 5.28. The van der Waals surface area contributed by atoms with Gasteiger partial charge in [0.2, 0.25) is 11.0 Å². The SMILES string of the molecule is N#CC1=C(N)N(c2nnc(SCC(=O)Nc3cccnc3Cl)s2)C2=C(C(=O)CCC2)C1c1cccc(Cl)c1. The normalized spacial score (nSPS) is 17.3. The minimum Gasteiger partial charge on any atom is -0.384 e. The number of allylic oxidation sites excluding steroid dienone is 3. The Morgan fingerprint density at radius 2 is 2.11 bits per heavy atom. The number of pyridine rings is 1. The molecule has 9 nitrogen and oxygen atoms in total. The number of hydrogen-bond acceptors (Lipinski definition) is 10. The van der Waals surface area contributed by atoms with E-state index in [2.05, 4.69) is 26.6 Å². The lowest BCUT2D eigenvalue weighted by molar-refractivity contribution is -0.116. The van der Waals surface area contributed by atoms with Gasteiger partial charge in [0.25, 0.3) is 0 Å². The number of benzene rings is 1. The van der Waals surface area contributed by atoms with Gasteiger partial charge in [0.05, 0.1) is 29.0 Å². The van der Waals surface area contributed by atoms with E-state index in [0.29, 0.717) is 50.7 Å². The highest BCUT2D eigenvalue weighted by Crippen LogP contribution is 2.47. The summed E-state index contributed by atoms with van der Waals surface area (Å²) in [5.41, 5.74) is 9.20. The number of hydrogen-bond donors (Lipinski definition) is 2. The van der Waals surface area contributed by atoms with Crippen molar-refractivity contribution in [3.63, 3.8) is 0 Å². The summed E-state index contributed by atoms with van der Waals surface area (Å²) in [5.74, 6) is -0.660. The average Bonchev–Trinajstić information content (AvgIpc) is 3.37. The molecule has 0 spiro atoms. The molecule has 2 aromatic heterocycles. The molecule has 192 valence electrons. The molecule has 1 aliphatic carbocycles. The van der Waals surface area contributed by atoms with Crippen LogP contribution in [-0.4, -0.2) is 32.6 Å². The molecule has 13 heteroatoms. The van der Waals surface area contributed by atoms with E-state index in [1.807, 2.05) is 6.07 Å². The first kappa shape index (κ1) is 26.2. The number of ketones is 1. The molecular weight excluding hydrogens is 565 g/mol. The molecule has 1 unspecified atom stereocenters. The highest BCUT2D eigenvalue weighted by molar-refractivity contribution is 8.01. The van der Waals surface area contributed by atoms with Crippen molar-refractivity contribution < 1.29 is 9.59 Å². The van der Waals surface area contributed by atoms with E-state index in [1.54, 1.807) is 35.2 Å². The van der Waals surface area contributed by atoms with E-state index >= 15 is 0 Å². The van der Waals surface area contributed by atoms with Crippen molar-refractivity contribution >= 4 is 68.8 Å². The van der Waals surface area contributed by atoms with E-state index in [9.17, 15) is 14.9 Å². The third kappa shape index (κ3) is 5.13. The predicted molar refractivity (Wildman–Crippen MR) is 148 cm³/mol. The molecule has 1 atom stereocenters. The zero-order valence-electron chi connectivity index (χ0n) is 19.6. The summed E-state index contributed by atoms with van der Waals surface area (Å²) in [5, 5.41) is 22.4. The number of aromatic nitrogens is 3. The summed E-state index contributed by atoms with van der Waals surface area (Å²) < 4.78 is 0.528. The van der Waals surface area contributed by atoms with Crippen LogP contribution in [0.1, 0.15) is 30.7 Å². The van der Waals surface area contributed by atoms with Crippen LogP contribution in [0, 0.1) is 11.3 Å². The largest absolute Gasteiger partial charge is 0.384 e. The number of carbonyl (C=O) groups is 2. The molecule has 5 rings (SSSR count). The van der Waals surface area contributed by atoms with Gasteiger partial charge in [0.15, 0.2) is 15.3 Å². The van der Waals surface area contributed by atoms with E-state index in [0.717, 1.165) is 5.56 Å². The minimum absolute atomic E-state index is 0.0358. The monoisotopic (exact) mass is 583 g/mol. The Kier molecular flexibility index (Phi) is 7.67. The summed E-state index contributed by atoms with van der Waals surface area (Å²) in [6, 6.07) is 12.7. The standard InChI is InChI=1S/C25H19Cl2N7O2S2/c26-14-5-1-4-13(10-14)20-15(11-28)23(29)34(17-7-2-8-18(35)21(17)20)24-32-33-25(38-24)37-12-19(36)31-16-6-3-9-30-22(16)27/h1,3-6,9-10,20H,2,7-8,12,29H2,(H,31,36). The van der Waals surface area contributed by atoms with Gasteiger partial charge in [-0.3, -0.25) is 14.5 Å². The maximum absolute atomic E-state index is 13.2. The van der Waals surface area contributed by atoms with Gasteiger partial charge in [-0.25, -0.2) is 4.98 Å². The van der Waals surface area contributed by atoms with Gasteiger partial charge < -0.3 is 11.1 Å². The summed E-state index contributed by atoms with van der Waals surface area (Å²) in [7, 11) is 0. The van der Waals surface area contributed by atoms with Crippen molar-refractivity contribution in [2.75, 3.05) is 16.0 Å². The number of nitrogens with one attached hydrogen (secondary N) is 1. The van der Waals surface area contributed by atoms with Crippen molar-refractivity contribution in [1.82, 2.24) is 15.2 Å². The molecule has 3 N–H and O–H groups in total. The van der Waals surface area contributed by atoms with E-state index in [1.165, 1.54) is 29.3 Å². The first-order valence-corrected chi connectivity index (χ1v) is 14.0. The first-order valence-electron chi connectivity index (χ1n) is 11.5. The molecule has 2 aliphatic rings. The van der Waals surface area contributed by atoms with Crippen molar-refractivity contribution in [3.8, 4) is 6.07 Å². The van der Waals surface area contributed by atoms with E-state index in [-0.39, 0.29) is 34.0 Å². The highest BCUT2D eigenvalue weighted by atomic mass is 35.5. The quantitative estimate of drug-likeness (QED) is 0.293. The van der Waals surface area contributed by atoms with Crippen LogP contribution >= 0.6 is 46.3 Å². The van der Waals surface area contributed by atoms with Crippen LogP contribution in [0.2, 0.25) is 10.2 Å². The van der Waals surface area contributed by atoms with Gasteiger partial charge in [-0.05, 0) is 42.7 Å². The van der Waals surface area contributed by atoms with Crippen LogP contribution in [0.4, 0.5) is 10.8 Å². The highest BCUT2D eigenvalue weighted by Gasteiger charge is 2.41. The van der Waals surface area contributed by atoms with Crippen molar-refractivity contribution in [2.24, 2.45) is 5.73 Å². The summed E-state index contributed by atoms with van der Waals surface area (Å²) >= 11 is 14.7. The summed E-state index contributed by atoms with van der Waals surface area (Å²) in [6.45, 7) is 0. The summed E-state index contributed by atoms with van der Waals surface area (Å²) in [6.07, 6.45) is 3.17. The molecule has 0 bridgehead atoms. The smallest absolute Gasteiger partial charge is 0.234 e. The van der Waals surface area contributed by atoms with Crippen LogP contribution in [0.5, 0.6) is 0 Å². The average molecular weight is 585 g/mol. The second-order valence-electron chi connectivity index (χ2n) is 8.40. The Bertz CT molecular complexity index is 1550. The van der Waals surface area contributed by atoms with Gasteiger partial charge in [-0.1, -0.05) is 58.4 Å². The van der Waals surface area contributed by atoms with E-state index < -0.39 is 5.92 Å². The number of thioether (sulfide) groups is 1. The molecular formula is C25H19Cl2N7O2S2. The van der Waals surface area contributed by atoms with Crippen LogP contribution in [0.25, 0.3) is 0 Å². The van der Waals surface area contributed by atoms with Crippen LogP contribution in [0.15, 0.2) is 69.6 Å². The molecule has 1 aromatic carbocycles. The Morgan fingerprint density at radius 1 is 1.26 bits per heavy atom.